The molecule has 1 heterocycles. The molecule has 1 unspecified atom stereocenters. The number of nitrogens with two attached hydrogens (primary N) is 1. The molecule has 0 saturated heterocycles. The molecule has 0 fully saturated rings. The molecule has 1 aromatic heterocycles. The van der Waals surface area contributed by atoms with Crippen molar-refractivity contribution in [1.82, 2.24) is 5.43 Å². The van der Waals surface area contributed by atoms with Crippen molar-refractivity contribution in [3.05, 3.63) is 45.6 Å². The third-order valence-corrected chi connectivity index (χ3v) is 4.53. The summed E-state index contributed by atoms with van der Waals surface area (Å²) < 4.78 is 10.7. The molecule has 0 aliphatic rings. The molecule has 5 heteroatoms. The van der Waals surface area contributed by atoms with E-state index in [4.69, 9.17) is 15.3 Å². The van der Waals surface area contributed by atoms with Gasteiger partial charge in [0.25, 0.3) is 0 Å². The number of nitrogens with one attached hydrogen (secondary N) is 1. The van der Waals surface area contributed by atoms with Crippen LogP contribution in [0.2, 0.25) is 0 Å². The number of rotatable bonds is 6. The van der Waals surface area contributed by atoms with E-state index < -0.39 is 0 Å². The van der Waals surface area contributed by atoms with E-state index in [1.807, 2.05) is 18.2 Å². The summed E-state index contributed by atoms with van der Waals surface area (Å²) >= 11 is 1.76. The quantitative estimate of drug-likeness (QED) is 0.635. The van der Waals surface area contributed by atoms with Crippen molar-refractivity contribution >= 4 is 11.3 Å². The maximum absolute atomic E-state index is 5.75. The van der Waals surface area contributed by atoms with Crippen molar-refractivity contribution in [2.75, 3.05) is 14.2 Å². The number of hydrazine groups is 1. The normalized spacial score (nSPS) is 12.2. The summed E-state index contributed by atoms with van der Waals surface area (Å²) in [5.41, 5.74) is 3.87. The molecule has 0 aliphatic carbocycles. The van der Waals surface area contributed by atoms with Crippen molar-refractivity contribution in [2.24, 2.45) is 5.84 Å². The number of methoxy groups -OCH3 is 2. The predicted octanol–water partition coefficient (Wildman–Crippen LogP) is 2.88. The second-order valence-electron chi connectivity index (χ2n) is 4.37. The summed E-state index contributed by atoms with van der Waals surface area (Å²) in [4.78, 5) is 2.51. The number of aryl methyl sites for hydroxylation is 1. The lowest BCUT2D eigenvalue weighted by Gasteiger charge is -2.18. The van der Waals surface area contributed by atoms with Crippen LogP contribution >= 0.6 is 11.3 Å². The van der Waals surface area contributed by atoms with E-state index in [1.165, 1.54) is 9.75 Å². The molecular formula is C15H20N2O2S. The van der Waals surface area contributed by atoms with Gasteiger partial charge in [0.2, 0.25) is 0 Å². The lowest BCUT2D eigenvalue weighted by Crippen LogP contribution is -2.28. The van der Waals surface area contributed by atoms with Gasteiger partial charge in [0.1, 0.15) is 11.5 Å². The first-order valence-corrected chi connectivity index (χ1v) is 7.31. The van der Waals surface area contributed by atoms with Crippen LogP contribution in [0.5, 0.6) is 11.5 Å². The van der Waals surface area contributed by atoms with Gasteiger partial charge in [-0.2, -0.15) is 0 Å². The Morgan fingerprint density at radius 2 is 2.00 bits per heavy atom. The molecule has 108 valence electrons. The molecule has 4 nitrogen and oxygen atoms in total. The Morgan fingerprint density at radius 1 is 1.20 bits per heavy atom. The molecule has 1 aromatic carbocycles. The minimum Gasteiger partial charge on any atom is -0.497 e. The number of thiophene rings is 1. The van der Waals surface area contributed by atoms with Crippen LogP contribution in [0.3, 0.4) is 0 Å². The van der Waals surface area contributed by atoms with Crippen molar-refractivity contribution in [3.8, 4) is 11.5 Å². The maximum Gasteiger partial charge on any atom is 0.127 e. The Bertz CT molecular complexity index is 569. The zero-order chi connectivity index (χ0) is 14.5. The van der Waals surface area contributed by atoms with Crippen molar-refractivity contribution in [3.63, 3.8) is 0 Å². The fraction of sp³-hybridized carbons (Fsp3) is 0.333. The molecule has 2 rings (SSSR count). The van der Waals surface area contributed by atoms with Gasteiger partial charge in [-0.1, -0.05) is 6.92 Å². The van der Waals surface area contributed by atoms with Gasteiger partial charge in [0, 0.05) is 21.4 Å². The summed E-state index contributed by atoms with van der Waals surface area (Å²) in [6.07, 6.45) is 1.03. The van der Waals surface area contributed by atoms with E-state index in [1.54, 1.807) is 25.6 Å². The summed E-state index contributed by atoms with van der Waals surface area (Å²) in [6, 6.07) is 9.93. The third-order valence-electron chi connectivity index (χ3n) is 3.23. The maximum atomic E-state index is 5.75. The third kappa shape index (κ3) is 2.95. The molecular weight excluding hydrogens is 272 g/mol. The van der Waals surface area contributed by atoms with E-state index in [9.17, 15) is 0 Å². The van der Waals surface area contributed by atoms with Crippen LogP contribution < -0.4 is 20.7 Å². The van der Waals surface area contributed by atoms with E-state index >= 15 is 0 Å². The zero-order valence-electron chi connectivity index (χ0n) is 12.0. The molecule has 2 aromatic rings. The molecule has 1 atom stereocenters. The predicted molar refractivity (Wildman–Crippen MR) is 82.4 cm³/mol. The summed E-state index contributed by atoms with van der Waals surface area (Å²) in [6.45, 7) is 2.15. The summed E-state index contributed by atoms with van der Waals surface area (Å²) in [7, 11) is 3.29. The van der Waals surface area contributed by atoms with E-state index in [0.29, 0.717) is 0 Å². The van der Waals surface area contributed by atoms with Crippen LogP contribution in [0.1, 0.15) is 28.3 Å². The lowest BCUT2D eigenvalue weighted by molar-refractivity contribution is 0.388. The Labute approximate surface area is 123 Å². The SMILES string of the molecule is CCc1ccc(C(NN)c2ccc(OC)cc2OC)s1. The van der Waals surface area contributed by atoms with Crippen molar-refractivity contribution < 1.29 is 9.47 Å². The molecule has 0 amide bonds. The average Bonchev–Trinajstić information content (AvgIpc) is 2.97. The molecule has 0 aliphatic heterocycles. The fourth-order valence-corrected chi connectivity index (χ4v) is 3.15. The number of hydrogen-bond donors (Lipinski definition) is 2. The summed E-state index contributed by atoms with van der Waals surface area (Å²) in [5.74, 6) is 7.28. The monoisotopic (exact) mass is 292 g/mol. The standard InChI is InChI=1S/C15H20N2O2S/c1-4-11-6-8-14(20-11)15(17-16)12-7-5-10(18-2)9-13(12)19-3/h5-9,15,17H,4,16H2,1-3H3. The number of ether oxygens (including phenoxy) is 2. The van der Waals surface area contributed by atoms with Crippen molar-refractivity contribution in [1.29, 1.82) is 0 Å². The smallest absolute Gasteiger partial charge is 0.127 e. The first kappa shape index (κ1) is 14.8. The van der Waals surface area contributed by atoms with Crippen LogP contribution in [0.15, 0.2) is 30.3 Å². The minimum atomic E-state index is -0.0823. The van der Waals surface area contributed by atoms with Gasteiger partial charge in [-0.15, -0.1) is 11.3 Å². The second-order valence-corrected chi connectivity index (χ2v) is 5.57. The van der Waals surface area contributed by atoms with Gasteiger partial charge < -0.3 is 9.47 Å². The topological polar surface area (TPSA) is 56.5 Å². The molecule has 0 bridgehead atoms. The average molecular weight is 292 g/mol. The molecule has 20 heavy (non-hydrogen) atoms. The van der Waals surface area contributed by atoms with Crippen LogP contribution in [0.25, 0.3) is 0 Å². The Balaban J connectivity index is 2.40. The molecule has 0 radical (unpaired) electrons. The van der Waals surface area contributed by atoms with Gasteiger partial charge in [0.05, 0.1) is 20.3 Å². The van der Waals surface area contributed by atoms with Crippen LogP contribution in [-0.2, 0) is 6.42 Å². The highest BCUT2D eigenvalue weighted by Gasteiger charge is 2.19. The molecule has 0 spiro atoms. The van der Waals surface area contributed by atoms with E-state index in [-0.39, 0.29) is 6.04 Å². The van der Waals surface area contributed by atoms with Gasteiger partial charge >= 0.3 is 0 Å². The molecule has 0 saturated carbocycles. The highest BCUT2D eigenvalue weighted by Crippen LogP contribution is 2.35. The Kier molecular flexibility index (Phi) is 5.00. The van der Waals surface area contributed by atoms with E-state index in [2.05, 4.69) is 24.5 Å². The van der Waals surface area contributed by atoms with Gasteiger partial charge in [-0.05, 0) is 30.7 Å². The Morgan fingerprint density at radius 3 is 2.55 bits per heavy atom. The minimum absolute atomic E-state index is 0.0823. The Hall–Kier alpha value is -1.56. The van der Waals surface area contributed by atoms with Crippen LogP contribution in [0, 0.1) is 0 Å². The highest BCUT2D eigenvalue weighted by atomic mass is 32.1. The van der Waals surface area contributed by atoms with Crippen LogP contribution in [0.4, 0.5) is 0 Å². The number of benzene rings is 1. The second kappa shape index (κ2) is 6.74. The van der Waals surface area contributed by atoms with Crippen molar-refractivity contribution in [2.45, 2.75) is 19.4 Å². The first-order valence-electron chi connectivity index (χ1n) is 6.50. The fourth-order valence-electron chi connectivity index (χ4n) is 2.12. The highest BCUT2D eigenvalue weighted by molar-refractivity contribution is 7.12. The van der Waals surface area contributed by atoms with Gasteiger partial charge in [-0.3, -0.25) is 5.84 Å². The van der Waals surface area contributed by atoms with Crippen LogP contribution in [-0.4, -0.2) is 14.2 Å². The zero-order valence-corrected chi connectivity index (χ0v) is 12.8. The van der Waals surface area contributed by atoms with E-state index in [0.717, 1.165) is 23.5 Å². The largest absolute Gasteiger partial charge is 0.497 e. The summed E-state index contributed by atoms with van der Waals surface area (Å²) in [5, 5.41) is 0. The molecule has 3 N–H and O–H groups in total. The van der Waals surface area contributed by atoms with Gasteiger partial charge in [-0.25, -0.2) is 5.43 Å². The first-order chi connectivity index (χ1) is 9.73. The van der Waals surface area contributed by atoms with Gasteiger partial charge in [0.15, 0.2) is 0 Å². The lowest BCUT2D eigenvalue weighted by atomic mass is 10.0. The number of hydrogen-bond acceptors (Lipinski definition) is 5.